The molecule has 8 nitrogen and oxygen atoms in total. The average Bonchev–Trinajstić information content (AvgIpc) is 3.27. The van der Waals surface area contributed by atoms with Crippen LogP contribution in [0.5, 0.6) is 0 Å². The van der Waals surface area contributed by atoms with Crippen LogP contribution in [0.25, 0.3) is 11.0 Å². The summed E-state index contributed by atoms with van der Waals surface area (Å²) in [5.74, 6) is 0.393. The summed E-state index contributed by atoms with van der Waals surface area (Å²) < 4.78 is 30.5. The molecule has 1 amide bonds. The molecule has 0 unspecified atom stereocenters. The molecule has 1 fully saturated rings. The molecule has 1 atom stereocenters. The highest BCUT2D eigenvalue weighted by atomic mass is 19.3. The van der Waals surface area contributed by atoms with Gasteiger partial charge in [-0.05, 0) is 48.6 Å². The molecule has 1 saturated carbocycles. The van der Waals surface area contributed by atoms with Crippen molar-refractivity contribution >= 4 is 16.9 Å². The van der Waals surface area contributed by atoms with Gasteiger partial charge in [0.05, 0.1) is 40.5 Å². The van der Waals surface area contributed by atoms with Gasteiger partial charge in [-0.2, -0.15) is 10.2 Å². The minimum absolute atomic E-state index is 0.101. The molecular weight excluding hydrogens is 452 g/mol. The van der Waals surface area contributed by atoms with Gasteiger partial charge in [0.1, 0.15) is 6.04 Å². The van der Waals surface area contributed by atoms with Crippen molar-refractivity contribution in [2.24, 2.45) is 0 Å². The first-order valence-electron chi connectivity index (χ1n) is 11.6. The van der Waals surface area contributed by atoms with Gasteiger partial charge in [0.15, 0.2) is 0 Å². The quantitative estimate of drug-likeness (QED) is 0.422. The first-order chi connectivity index (χ1) is 17.1. The molecule has 0 saturated heterocycles. The summed E-state index contributed by atoms with van der Waals surface area (Å²) in [7, 11) is 0. The van der Waals surface area contributed by atoms with Crippen LogP contribution in [0.1, 0.15) is 69.8 Å². The van der Waals surface area contributed by atoms with Gasteiger partial charge in [-0.1, -0.05) is 6.07 Å². The van der Waals surface area contributed by atoms with E-state index in [1.165, 1.54) is 29.0 Å². The molecule has 176 valence electrons. The third kappa shape index (κ3) is 3.16. The fourth-order valence-electron chi connectivity index (χ4n) is 5.15. The summed E-state index contributed by atoms with van der Waals surface area (Å²) in [6.45, 7) is 0.436. The van der Waals surface area contributed by atoms with E-state index >= 15 is 0 Å². The molecule has 1 aliphatic heterocycles. The predicted molar refractivity (Wildman–Crippen MR) is 122 cm³/mol. The Labute approximate surface area is 198 Å². The average molecular weight is 473 g/mol. The van der Waals surface area contributed by atoms with Crippen LogP contribution in [0, 0.1) is 0 Å². The van der Waals surface area contributed by atoms with E-state index < -0.39 is 12.5 Å². The van der Waals surface area contributed by atoms with Gasteiger partial charge in [-0.15, -0.1) is 0 Å². The van der Waals surface area contributed by atoms with E-state index in [9.17, 15) is 13.6 Å². The van der Waals surface area contributed by atoms with Crippen molar-refractivity contribution in [2.75, 3.05) is 6.54 Å². The second kappa shape index (κ2) is 7.46. The number of carbonyl (C=O) groups excluding carboxylic acids is 1. The van der Waals surface area contributed by atoms with Gasteiger partial charge >= 0.3 is 0 Å². The lowest BCUT2D eigenvalue weighted by Crippen LogP contribution is -2.41. The van der Waals surface area contributed by atoms with E-state index in [1.807, 2.05) is 12.3 Å². The lowest BCUT2D eigenvalue weighted by Gasteiger charge is -2.33. The molecular formula is C25H21F2N7O. The zero-order valence-corrected chi connectivity index (χ0v) is 18.6. The molecule has 7 rings (SSSR count). The minimum Gasteiger partial charge on any atom is -0.348 e. The Bertz CT molecular complexity index is 1600. The lowest BCUT2D eigenvalue weighted by molar-refractivity contribution is 0.0689. The van der Waals surface area contributed by atoms with Crippen molar-refractivity contribution in [3.05, 3.63) is 89.0 Å². The van der Waals surface area contributed by atoms with Crippen molar-refractivity contribution < 1.29 is 13.6 Å². The van der Waals surface area contributed by atoms with Crippen LogP contribution in [0.4, 0.5) is 8.78 Å². The Balaban J connectivity index is 1.33. The maximum Gasteiger partial charge on any atom is 0.265 e. The van der Waals surface area contributed by atoms with E-state index in [1.54, 1.807) is 40.3 Å². The van der Waals surface area contributed by atoms with E-state index in [0.717, 1.165) is 11.2 Å². The number of aromatic amines is 1. The second-order valence-electron chi connectivity index (χ2n) is 9.21. The summed E-state index contributed by atoms with van der Waals surface area (Å²) in [4.78, 5) is 23.2. The summed E-state index contributed by atoms with van der Waals surface area (Å²) in [5, 5.41) is 9.03. The summed E-state index contributed by atoms with van der Waals surface area (Å²) in [6.07, 6.45) is 7.18. The molecule has 1 N–H and O–H groups in total. The number of carbonyl (C=O) groups is 1. The Morgan fingerprint density at radius 3 is 2.86 bits per heavy atom. The number of hydrogen-bond acceptors (Lipinski definition) is 4. The van der Waals surface area contributed by atoms with Crippen molar-refractivity contribution in [2.45, 2.75) is 37.6 Å². The van der Waals surface area contributed by atoms with E-state index in [4.69, 9.17) is 0 Å². The van der Waals surface area contributed by atoms with Gasteiger partial charge in [-0.25, -0.2) is 22.8 Å². The standard InChI is InChI=1S/C25H21F2N7O/c26-24(27)16-2-1-8-33-21(16)10-19(31-33)23-22-18(28-13-29-22)7-9-32(23)25(35)17-11-30-34-12-15(14-3-4-14)5-6-20(17)34/h1-2,5-6,8,10-14,23-24H,3-4,7,9H2,(H,28,29)/t23-/m0/s1. The molecule has 0 aromatic carbocycles. The first kappa shape index (κ1) is 20.3. The maximum atomic E-state index is 13.9. The molecule has 6 heterocycles. The topological polar surface area (TPSA) is 83.6 Å². The first-order valence-corrected chi connectivity index (χ1v) is 11.6. The van der Waals surface area contributed by atoms with Crippen molar-refractivity contribution in [3.63, 3.8) is 0 Å². The molecule has 1 aliphatic carbocycles. The van der Waals surface area contributed by atoms with Crippen LogP contribution in [0.2, 0.25) is 0 Å². The number of H-pyrrole nitrogens is 1. The molecule has 35 heavy (non-hydrogen) atoms. The number of nitrogens with zero attached hydrogens (tertiary/aromatic N) is 6. The van der Waals surface area contributed by atoms with Crippen LogP contribution >= 0.6 is 0 Å². The predicted octanol–water partition coefficient (Wildman–Crippen LogP) is 4.31. The molecule has 5 aromatic heterocycles. The monoisotopic (exact) mass is 473 g/mol. The number of aromatic nitrogens is 6. The lowest BCUT2D eigenvalue weighted by atomic mass is 9.98. The Hall–Kier alpha value is -4.08. The van der Waals surface area contributed by atoms with Crippen molar-refractivity contribution in [1.29, 1.82) is 0 Å². The minimum atomic E-state index is -2.63. The highest BCUT2D eigenvalue weighted by Crippen LogP contribution is 2.40. The number of amides is 1. The Kier molecular flexibility index (Phi) is 4.33. The number of pyridine rings is 2. The SMILES string of the molecule is O=C(c1cnn2cc(C3CC3)ccc12)N1CCc2[nH]cnc2[C@@H]1c1cc2c(C(F)F)cccn2n1. The Morgan fingerprint density at radius 1 is 1.14 bits per heavy atom. The highest BCUT2D eigenvalue weighted by Gasteiger charge is 2.37. The number of hydrogen-bond donors (Lipinski definition) is 1. The van der Waals surface area contributed by atoms with Crippen molar-refractivity contribution in [3.8, 4) is 0 Å². The molecule has 10 heteroatoms. The third-order valence-corrected chi connectivity index (χ3v) is 7.07. The summed E-state index contributed by atoms with van der Waals surface area (Å²) in [6, 6.07) is 7.98. The van der Waals surface area contributed by atoms with Gasteiger partial charge < -0.3 is 9.88 Å². The fraction of sp³-hybridized carbons (Fsp3) is 0.280. The second-order valence-corrected chi connectivity index (χ2v) is 9.21. The number of fused-ring (bicyclic) bond motifs is 3. The molecule has 2 aliphatic rings. The normalized spacial score (nSPS) is 18.0. The zero-order valence-electron chi connectivity index (χ0n) is 18.6. The number of imidazole rings is 1. The number of nitrogens with one attached hydrogen (secondary N) is 1. The van der Waals surface area contributed by atoms with Gasteiger partial charge in [-0.3, -0.25) is 4.79 Å². The fourth-order valence-corrected chi connectivity index (χ4v) is 5.15. The van der Waals surface area contributed by atoms with Crippen LogP contribution in [-0.4, -0.2) is 46.5 Å². The maximum absolute atomic E-state index is 13.9. The highest BCUT2D eigenvalue weighted by molar-refractivity contribution is 6.01. The largest absolute Gasteiger partial charge is 0.348 e. The molecule has 0 spiro atoms. The van der Waals surface area contributed by atoms with E-state index in [2.05, 4.69) is 26.2 Å². The number of rotatable bonds is 4. The van der Waals surface area contributed by atoms with Crippen LogP contribution in [-0.2, 0) is 6.42 Å². The van der Waals surface area contributed by atoms with Gasteiger partial charge in [0.25, 0.3) is 12.3 Å². The van der Waals surface area contributed by atoms with Crippen molar-refractivity contribution in [1.82, 2.24) is 34.1 Å². The Morgan fingerprint density at radius 2 is 2.03 bits per heavy atom. The van der Waals surface area contributed by atoms with Gasteiger partial charge in [0, 0.05) is 36.6 Å². The zero-order chi connectivity index (χ0) is 23.7. The third-order valence-electron chi connectivity index (χ3n) is 7.07. The van der Waals surface area contributed by atoms with Crippen LogP contribution in [0.3, 0.4) is 0 Å². The van der Waals surface area contributed by atoms with Crippen LogP contribution < -0.4 is 0 Å². The molecule has 0 bridgehead atoms. The molecule has 0 radical (unpaired) electrons. The smallest absolute Gasteiger partial charge is 0.265 e. The molecule has 5 aromatic rings. The van der Waals surface area contributed by atoms with E-state index in [-0.39, 0.29) is 11.5 Å². The van der Waals surface area contributed by atoms with Gasteiger partial charge in [0.2, 0.25) is 0 Å². The van der Waals surface area contributed by atoms with E-state index in [0.29, 0.717) is 41.4 Å². The number of halogens is 2. The summed E-state index contributed by atoms with van der Waals surface area (Å²) in [5.41, 5.74) is 4.77. The summed E-state index contributed by atoms with van der Waals surface area (Å²) >= 11 is 0. The van der Waals surface area contributed by atoms with Crippen LogP contribution in [0.15, 0.2) is 55.2 Å². The number of alkyl halides is 2.